The quantitative estimate of drug-likeness (QED) is 0.455. The molecule has 8 heteroatoms. The van der Waals surface area contributed by atoms with Gasteiger partial charge in [-0.3, -0.25) is 4.79 Å². The molecule has 0 bridgehead atoms. The van der Waals surface area contributed by atoms with Crippen LogP contribution in [0, 0.1) is 19.3 Å². The van der Waals surface area contributed by atoms with Crippen molar-refractivity contribution >= 4 is 5.78 Å². The number of fused-ring (bicyclic) bond motifs is 1. The summed E-state index contributed by atoms with van der Waals surface area (Å²) in [5.41, 5.74) is 2.96. The minimum atomic E-state index is -1.49. The fourth-order valence-corrected chi connectivity index (χ4v) is 4.27. The number of carbonyl (C=O) groups excluding carboxylic acids is 1. The summed E-state index contributed by atoms with van der Waals surface area (Å²) in [4.78, 5) is 12.8. The van der Waals surface area contributed by atoms with Gasteiger partial charge in [0.25, 0.3) is 0 Å². The van der Waals surface area contributed by atoms with E-state index in [1.807, 2.05) is 19.9 Å². The van der Waals surface area contributed by atoms with Crippen molar-refractivity contribution in [2.45, 2.75) is 70.9 Å². The molecule has 1 aliphatic heterocycles. The van der Waals surface area contributed by atoms with Gasteiger partial charge in [-0.1, -0.05) is 6.07 Å². The van der Waals surface area contributed by atoms with Crippen molar-refractivity contribution in [3.63, 3.8) is 0 Å². The fraction of sp³-hybridized carbons (Fsp3) is 0.667. The molecule has 1 aliphatic carbocycles. The smallest absolute Gasteiger partial charge is 0.186 e. The maximum absolute atomic E-state index is 12.8. The zero-order chi connectivity index (χ0) is 21.7. The number of carbonyl (C=O) groups is 1. The van der Waals surface area contributed by atoms with Crippen LogP contribution in [0.3, 0.4) is 0 Å². The van der Waals surface area contributed by atoms with Gasteiger partial charge >= 0.3 is 0 Å². The Hall–Kier alpha value is -1.39. The van der Waals surface area contributed by atoms with Gasteiger partial charge in [0.2, 0.25) is 0 Å². The third-order valence-electron chi connectivity index (χ3n) is 6.24. The van der Waals surface area contributed by atoms with Crippen LogP contribution in [0.2, 0.25) is 0 Å². The number of Topliss-reactive ketones (excluding diaryl/α,β-unsaturated/α-hetero) is 1. The fourth-order valence-electron chi connectivity index (χ4n) is 4.27. The van der Waals surface area contributed by atoms with Crippen LogP contribution in [0.4, 0.5) is 0 Å². The van der Waals surface area contributed by atoms with Gasteiger partial charge < -0.3 is 35.0 Å². The standard InChI is InChI=1S/C21H30O8/c1-9-7-12-14(19(27)21(3,4)18(12)26)10(2)11(9)5-6-28-20-17(25)16(24)15(23)13(8-22)29-20/h7,13,15-18,20,22-26H,5-6,8H2,1-4H3/t13?,15-,16+,17?,18+,20-/m1/s1. The molecule has 1 aromatic carbocycles. The summed E-state index contributed by atoms with van der Waals surface area (Å²) in [6.45, 7) is 6.82. The van der Waals surface area contributed by atoms with Crippen molar-refractivity contribution in [3.05, 3.63) is 33.9 Å². The van der Waals surface area contributed by atoms with Crippen LogP contribution in [0.1, 0.15) is 52.6 Å². The van der Waals surface area contributed by atoms with Crippen LogP contribution in [-0.4, -0.2) is 75.2 Å². The molecule has 1 aromatic rings. The average molecular weight is 410 g/mol. The van der Waals surface area contributed by atoms with Crippen molar-refractivity contribution in [3.8, 4) is 0 Å². The lowest BCUT2D eigenvalue weighted by Gasteiger charge is -2.39. The molecule has 6 atom stereocenters. The Morgan fingerprint density at radius 3 is 2.38 bits per heavy atom. The summed E-state index contributed by atoms with van der Waals surface area (Å²) in [6, 6.07) is 1.84. The van der Waals surface area contributed by atoms with E-state index in [-0.39, 0.29) is 12.4 Å². The maximum atomic E-state index is 12.8. The van der Waals surface area contributed by atoms with E-state index in [1.165, 1.54) is 0 Å². The van der Waals surface area contributed by atoms with Crippen LogP contribution in [0.5, 0.6) is 0 Å². The first-order chi connectivity index (χ1) is 13.5. The Bertz CT molecular complexity index is 787. The van der Waals surface area contributed by atoms with Crippen molar-refractivity contribution < 1.29 is 39.8 Å². The van der Waals surface area contributed by atoms with E-state index >= 15 is 0 Å². The summed E-state index contributed by atoms with van der Waals surface area (Å²) < 4.78 is 10.9. The number of ether oxygens (including phenoxy) is 2. The van der Waals surface area contributed by atoms with Crippen LogP contribution < -0.4 is 0 Å². The summed E-state index contributed by atoms with van der Waals surface area (Å²) in [7, 11) is 0. The third kappa shape index (κ3) is 3.63. The van der Waals surface area contributed by atoms with Gasteiger partial charge in [-0.05, 0) is 56.4 Å². The molecule has 3 rings (SSSR count). The topological polar surface area (TPSA) is 137 Å². The molecular formula is C21H30O8. The van der Waals surface area contributed by atoms with Gasteiger partial charge in [-0.25, -0.2) is 0 Å². The molecule has 0 radical (unpaired) electrons. The van der Waals surface area contributed by atoms with Gasteiger partial charge in [0, 0.05) is 5.56 Å². The van der Waals surface area contributed by atoms with E-state index in [9.17, 15) is 30.3 Å². The predicted molar refractivity (Wildman–Crippen MR) is 102 cm³/mol. The van der Waals surface area contributed by atoms with E-state index < -0.39 is 48.8 Å². The van der Waals surface area contributed by atoms with Crippen LogP contribution >= 0.6 is 0 Å². The molecule has 2 aliphatic rings. The van der Waals surface area contributed by atoms with E-state index in [1.54, 1.807) is 13.8 Å². The molecule has 1 heterocycles. The molecular weight excluding hydrogens is 380 g/mol. The first kappa shape index (κ1) is 22.3. The molecule has 162 valence electrons. The number of benzene rings is 1. The van der Waals surface area contributed by atoms with Crippen LogP contribution in [0.25, 0.3) is 0 Å². The SMILES string of the molecule is Cc1cc2c(c(C)c1CCO[C@@H]1OC(CO)[C@@H](O)[C@H](O)C1O)C(=O)C(C)(C)[C@H]2O. The van der Waals surface area contributed by atoms with Gasteiger partial charge in [0.1, 0.15) is 24.4 Å². The minimum Gasteiger partial charge on any atom is -0.394 e. The Balaban J connectivity index is 1.74. The lowest BCUT2D eigenvalue weighted by atomic mass is 9.86. The summed E-state index contributed by atoms with van der Waals surface area (Å²) in [5, 5.41) is 49.5. The van der Waals surface area contributed by atoms with Crippen molar-refractivity contribution in [1.82, 2.24) is 0 Å². The summed E-state index contributed by atoms with van der Waals surface area (Å²) in [5.74, 6) is -0.0893. The minimum absolute atomic E-state index is 0.0893. The second kappa shape index (κ2) is 8.03. The number of aryl methyl sites for hydroxylation is 1. The number of hydrogen-bond donors (Lipinski definition) is 5. The Kier molecular flexibility index (Phi) is 6.18. The Labute approximate surface area is 169 Å². The maximum Gasteiger partial charge on any atom is 0.186 e. The molecule has 2 unspecified atom stereocenters. The summed E-state index contributed by atoms with van der Waals surface area (Å²) in [6.07, 6.45) is -7.02. The van der Waals surface area contributed by atoms with Crippen LogP contribution in [-0.2, 0) is 15.9 Å². The number of hydrogen-bond acceptors (Lipinski definition) is 8. The van der Waals surface area contributed by atoms with Crippen molar-refractivity contribution in [2.24, 2.45) is 5.41 Å². The second-order valence-electron chi connectivity index (χ2n) is 8.53. The molecule has 5 N–H and O–H groups in total. The largest absolute Gasteiger partial charge is 0.394 e. The normalized spacial score (nSPS) is 33.8. The van der Waals surface area contributed by atoms with Gasteiger partial charge in [0.15, 0.2) is 12.1 Å². The first-order valence-corrected chi connectivity index (χ1v) is 9.80. The summed E-state index contributed by atoms with van der Waals surface area (Å²) >= 11 is 0. The van der Waals surface area contributed by atoms with E-state index in [4.69, 9.17) is 9.47 Å². The average Bonchev–Trinajstić information content (AvgIpc) is 2.84. The zero-order valence-electron chi connectivity index (χ0n) is 17.1. The monoisotopic (exact) mass is 410 g/mol. The Morgan fingerprint density at radius 2 is 1.76 bits per heavy atom. The number of aliphatic hydroxyl groups is 5. The van der Waals surface area contributed by atoms with Crippen molar-refractivity contribution in [2.75, 3.05) is 13.2 Å². The molecule has 0 saturated carbocycles. The van der Waals surface area contributed by atoms with Crippen molar-refractivity contribution in [1.29, 1.82) is 0 Å². The number of ketones is 1. The Morgan fingerprint density at radius 1 is 1.10 bits per heavy atom. The highest BCUT2D eigenvalue weighted by molar-refractivity contribution is 6.06. The number of rotatable bonds is 5. The molecule has 8 nitrogen and oxygen atoms in total. The molecule has 0 aromatic heterocycles. The predicted octanol–water partition coefficient (Wildman–Crippen LogP) is -0.0817. The zero-order valence-corrected chi connectivity index (χ0v) is 17.1. The first-order valence-electron chi connectivity index (χ1n) is 9.80. The van der Waals surface area contributed by atoms with Gasteiger partial charge in [-0.2, -0.15) is 0 Å². The van der Waals surface area contributed by atoms with E-state index in [0.29, 0.717) is 17.5 Å². The van der Waals surface area contributed by atoms with E-state index in [0.717, 1.165) is 16.7 Å². The number of aliphatic hydroxyl groups excluding tert-OH is 5. The molecule has 1 saturated heterocycles. The van der Waals surface area contributed by atoms with E-state index in [2.05, 4.69) is 0 Å². The second-order valence-corrected chi connectivity index (χ2v) is 8.53. The highest BCUT2D eigenvalue weighted by atomic mass is 16.7. The van der Waals surface area contributed by atoms with Gasteiger partial charge in [0.05, 0.1) is 24.7 Å². The molecule has 0 amide bonds. The molecule has 1 fully saturated rings. The van der Waals surface area contributed by atoms with Crippen LogP contribution in [0.15, 0.2) is 6.07 Å². The molecule has 29 heavy (non-hydrogen) atoms. The lowest BCUT2D eigenvalue weighted by Crippen LogP contribution is -2.59. The lowest BCUT2D eigenvalue weighted by molar-refractivity contribution is -0.300. The highest BCUT2D eigenvalue weighted by Gasteiger charge is 2.47. The molecule has 0 spiro atoms. The van der Waals surface area contributed by atoms with Gasteiger partial charge in [-0.15, -0.1) is 0 Å². The third-order valence-corrected chi connectivity index (χ3v) is 6.24. The highest BCUT2D eigenvalue weighted by Crippen LogP contribution is 2.47.